The van der Waals surface area contributed by atoms with E-state index in [1.54, 1.807) is 43.3 Å². The Kier molecular flexibility index (Phi) is 4.51. The summed E-state index contributed by atoms with van der Waals surface area (Å²) in [5.74, 6) is -0.995. The number of hydrogen-bond acceptors (Lipinski definition) is 5. The topological polar surface area (TPSA) is 86.1 Å². The third kappa shape index (κ3) is 3.10. The number of ether oxygens (including phenoxy) is 1. The van der Waals surface area contributed by atoms with E-state index in [9.17, 15) is 9.59 Å². The molecule has 1 amide bonds. The number of nitrogens with one attached hydrogen (secondary N) is 1. The molecule has 2 aromatic carbocycles. The van der Waals surface area contributed by atoms with Crippen molar-refractivity contribution in [3.05, 3.63) is 60.2 Å². The second-order valence-electron chi connectivity index (χ2n) is 5.02. The molecule has 0 bridgehead atoms. The molecule has 0 aliphatic rings. The van der Waals surface area contributed by atoms with Crippen molar-refractivity contribution in [2.24, 2.45) is 0 Å². The lowest BCUT2D eigenvalue weighted by Gasteiger charge is -2.17. The maximum Gasteiger partial charge on any atom is 0.351 e. The average Bonchev–Trinajstić information content (AvgIpc) is 3.04. The molecule has 122 valence electrons. The molecule has 1 heterocycles. The fourth-order valence-corrected chi connectivity index (χ4v) is 2.32. The summed E-state index contributed by atoms with van der Waals surface area (Å²) < 4.78 is 6.43. The lowest BCUT2D eigenvalue weighted by atomic mass is 10.2. The maximum absolute atomic E-state index is 12.4. The number of esters is 1. The lowest BCUT2D eigenvalue weighted by molar-refractivity contribution is -0.148. The van der Waals surface area contributed by atoms with Crippen LogP contribution in [-0.4, -0.2) is 33.5 Å². The van der Waals surface area contributed by atoms with E-state index in [4.69, 9.17) is 4.74 Å². The minimum atomic E-state index is -1.09. The highest BCUT2D eigenvalue weighted by Gasteiger charge is 2.27. The summed E-state index contributed by atoms with van der Waals surface area (Å²) in [5, 5.41) is 10.7. The molecule has 0 unspecified atom stereocenters. The van der Waals surface area contributed by atoms with Gasteiger partial charge in [0.1, 0.15) is 5.52 Å². The zero-order valence-electron chi connectivity index (χ0n) is 13.0. The molecule has 0 saturated heterocycles. The van der Waals surface area contributed by atoms with Crippen molar-refractivity contribution in [2.45, 2.75) is 13.1 Å². The van der Waals surface area contributed by atoms with Crippen LogP contribution >= 0.6 is 0 Å². The van der Waals surface area contributed by atoms with Gasteiger partial charge in [-0.1, -0.05) is 35.5 Å². The Morgan fingerprint density at radius 2 is 1.83 bits per heavy atom. The van der Waals surface area contributed by atoms with Crippen LogP contribution < -0.4 is 5.32 Å². The third-order valence-electron chi connectivity index (χ3n) is 3.44. The summed E-state index contributed by atoms with van der Waals surface area (Å²) in [7, 11) is 0. The number of aromatic nitrogens is 3. The second kappa shape index (κ2) is 6.91. The van der Waals surface area contributed by atoms with Crippen molar-refractivity contribution in [1.82, 2.24) is 20.3 Å². The number of nitrogens with zero attached hydrogens (tertiary/aromatic N) is 3. The summed E-state index contributed by atoms with van der Waals surface area (Å²) in [6, 6.07) is 15.8. The summed E-state index contributed by atoms with van der Waals surface area (Å²) >= 11 is 0. The highest BCUT2D eigenvalue weighted by Crippen LogP contribution is 2.16. The van der Waals surface area contributed by atoms with Crippen LogP contribution in [0.15, 0.2) is 54.6 Å². The normalized spacial score (nSPS) is 11.9. The molecule has 1 atom stereocenters. The van der Waals surface area contributed by atoms with Gasteiger partial charge < -0.3 is 10.1 Å². The van der Waals surface area contributed by atoms with Gasteiger partial charge in [0.15, 0.2) is 0 Å². The van der Waals surface area contributed by atoms with Crippen LogP contribution in [0.3, 0.4) is 0 Å². The van der Waals surface area contributed by atoms with Gasteiger partial charge in [-0.2, -0.15) is 0 Å². The highest BCUT2D eigenvalue weighted by atomic mass is 16.5. The molecule has 0 aliphatic heterocycles. The number of fused-ring (bicyclic) bond motifs is 1. The average molecular weight is 324 g/mol. The van der Waals surface area contributed by atoms with Crippen LogP contribution in [0.4, 0.5) is 0 Å². The highest BCUT2D eigenvalue weighted by molar-refractivity contribution is 5.96. The number of rotatable bonds is 5. The molecule has 24 heavy (non-hydrogen) atoms. The van der Waals surface area contributed by atoms with Gasteiger partial charge in [-0.3, -0.25) is 4.79 Å². The maximum atomic E-state index is 12.4. The molecule has 0 fully saturated rings. The molecule has 0 spiro atoms. The molecule has 1 N–H and O–H groups in total. The Hall–Kier alpha value is -3.22. The molecule has 7 heteroatoms. The van der Waals surface area contributed by atoms with E-state index in [2.05, 4.69) is 15.6 Å². The molecular weight excluding hydrogens is 308 g/mol. The van der Waals surface area contributed by atoms with Crippen LogP contribution in [0, 0.1) is 0 Å². The van der Waals surface area contributed by atoms with Gasteiger partial charge in [0, 0.05) is 5.56 Å². The van der Waals surface area contributed by atoms with Crippen LogP contribution in [-0.2, 0) is 9.53 Å². The van der Waals surface area contributed by atoms with Gasteiger partial charge in [0.2, 0.25) is 6.17 Å². The number of carbonyl (C=O) groups is 2. The predicted molar refractivity (Wildman–Crippen MR) is 87.1 cm³/mol. The van der Waals surface area contributed by atoms with Crippen molar-refractivity contribution in [3.63, 3.8) is 0 Å². The Morgan fingerprint density at radius 1 is 1.12 bits per heavy atom. The lowest BCUT2D eigenvalue weighted by Crippen LogP contribution is -2.39. The number of para-hydroxylation sites is 1. The van der Waals surface area contributed by atoms with Crippen LogP contribution in [0.25, 0.3) is 11.0 Å². The van der Waals surface area contributed by atoms with Gasteiger partial charge >= 0.3 is 5.97 Å². The summed E-state index contributed by atoms with van der Waals surface area (Å²) in [6.07, 6.45) is -1.09. The Labute approximate surface area is 138 Å². The molecule has 0 radical (unpaired) electrons. The van der Waals surface area contributed by atoms with Crippen molar-refractivity contribution in [1.29, 1.82) is 0 Å². The van der Waals surface area contributed by atoms with E-state index in [0.29, 0.717) is 16.6 Å². The first-order valence-corrected chi connectivity index (χ1v) is 7.53. The van der Waals surface area contributed by atoms with Crippen molar-refractivity contribution in [3.8, 4) is 0 Å². The summed E-state index contributed by atoms with van der Waals surface area (Å²) in [5.41, 5.74) is 1.70. The van der Waals surface area contributed by atoms with Gasteiger partial charge in [-0.25, -0.2) is 9.48 Å². The SMILES string of the molecule is CCOC(=O)[C@H](NC(=O)c1ccccc1)n1nnc2ccccc21. The van der Waals surface area contributed by atoms with Crippen molar-refractivity contribution in [2.75, 3.05) is 6.61 Å². The minimum absolute atomic E-state index is 0.198. The largest absolute Gasteiger partial charge is 0.463 e. The standard InChI is InChI=1S/C17H16N4O3/c1-2-24-17(23)15(18-16(22)12-8-4-3-5-9-12)21-14-11-7-6-10-13(14)19-20-21/h3-11,15H,2H2,1H3,(H,18,22)/t15-/m1/s1. The van der Waals surface area contributed by atoms with E-state index in [1.807, 2.05) is 18.2 Å². The first-order valence-electron chi connectivity index (χ1n) is 7.53. The minimum Gasteiger partial charge on any atom is -0.463 e. The molecule has 0 saturated carbocycles. The number of carbonyl (C=O) groups excluding carboxylic acids is 2. The van der Waals surface area contributed by atoms with E-state index in [0.717, 1.165) is 0 Å². The first kappa shape index (κ1) is 15.7. The van der Waals surface area contributed by atoms with Gasteiger partial charge in [0.25, 0.3) is 5.91 Å². The van der Waals surface area contributed by atoms with E-state index in [1.165, 1.54) is 4.68 Å². The fourth-order valence-electron chi connectivity index (χ4n) is 2.32. The Morgan fingerprint density at radius 3 is 2.58 bits per heavy atom. The number of benzene rings is 2. The van der Waals surface area contributed by atoms with Gasteiger partial charge in [-0.15, -0.1) is 5.10 Å². The molecule has 3 aromatic rings. The Bertz CT molecular complexity index is 860. The van der Waals surface area contributed by atoms with Crippen LogP contribution in [0.5, 0.6) is 0 Å². The number of hydrogen-bond donors (Lipinski definition) is 1. The molecule has 1 aromatic heterocycles. The number of amides is 1. The van der Waals surface area contributed by atoms with E-state index < -0.39 is 18.0 Å². The van der Waals surface area contributed by atoms with Crippen molar-refractivity contribution >= 4 is 22.9 Å². The van der Waals surface area contributed by atoms with E-state index >= 15 is 0 Å². The van der Waals surface area contributed by atoms with Crippen LogP contribution in [0.2, 0.25) is 0 Å². The monoisotopic (exact) mass is 324 g/mol. The zero-order chi connectivity index (χ0) is 16.9. The quantitative estimate of drug-likeness (QED) is 0.725. The van der Waals surface area contributed by atoms with Crippen LogP contribution in [0.1, 0.15) is 23.4 Å². The third-order valence-corrected chi connectivity index (χ3v) is 3.44. The molecular formula is C17H16N4O3. The molecule has 3 rings (SSSR count). The zero-order valence-corrected chi connectivity index (χ0v) is 13.0. The van der Waals surface area contributed by atoms with Gasteiger partial charge in [0.05, 0.1) is 12.1 Å². The smallest absolute Gasteiger partial charge is 0.351 e. The first-order chi connectivity index (χ1) is 11.7. The fraction of sp³-hybridized carbons (Fsp3) is 0.176. The molecule has 0 aliphatic carbocycles. The van der Waals surface area contributed by atoms with E-state index in [-0.39, 0.29) is 6.61 Å². The van der Waals surface area contributed by atoms with Gasteiger partial charge in [-0.05, 0) is 31.2 Å². The Balaban J connectivity index is 1.95. The molecule has 7 nitrogen and oxygen atoms in total. The summed E-state index contributed by atoms with van der Waals surface area (Å²) in [6.45, 7) is 1.90. The predicted octanol–water partition coefficient (Wildman–Crippen LogP) is 1.92. The second-order valence-corrected chi connectivity index (χ2v) is 5.02. The van der Waals surface area contributed by atoms with Crippen molar-refractivity contribution < 1.29 is 14.3 Å². The summed E-state index contributed by atoms with van der Waals surface area (Å²) in [4.78, 5) is 24.7.